The molecule has 1 rings (SSSR count). The van der Waals surface area contributed by atoms with Gasteiger partial charge in [0.05, 0.1) is 11.1 Å². The Morgan fingerprint density at radius 1 is 1.15 bits per heavy atom. The van der Waals surface area contributed by atoms with Crippen molar-refractivity contribution in [2.75, 3.05) is 0 Å². The van der Waals surface area contributed by atoms with Crippen molar-refractivity contribution >= 4 is 17.8 Å². The van der Waals surface area contributed by atoms with Gasteiger partial charge in [0.2, 0.25) is 5.91 Å². The number of amides is 1. The molecule has 1 aromatic carbocycles. The molecule has 0 aliphatic rings. The first-order valence-electron chi connectivity index (χ1n) is 9.34. The van der Waals surface area contributed by atoms with Crippen LogP contribution in [0.3, 0.4) is 0 Å². The predicted octanol–water partition coefficient (Wildman–Crippen LogP) is 4.67. The molecule has 0 spiro atoms. The van der Waals surface area contributed by atoms with Crippen LogP contribution in [0.15, 0.2) is 23.3 Å². The number of benzene rings is 1. The summed E-state index contributed by atoms with van der Waals surface area (Å²) in [6.07, 6.45) is 12.3. The Bertz CT molecular complexity index is 602. The molecule has 0 bridgehead atoms. The highest BCUT2D eigenvalue weighted by atomic mass is 16.6. The van der Waals surface area contributed by atoms with Crippen molar-refractivity contribution in [3.8, 4) is 5.75 Å². The van der Waals surface area contributed by atoms with E-state index in [1.165, 1.54) is 62.9 Å². The Balaban J connectivity index is 2.19. The molecule has 7 heteroatoms. The summed E-state index contributed by atoms with van der Waals surface area (Å²) in [6.45, 7) is 2.21. The van der Waals surface area contributed by atoms with E-state index in [9.17, 15) is 20.0 Å². The van der Waals surface area contributed by atoms with Crippen LogP contribution >= 0.6 is 0 Å². The van der Waals surface area contributed by atoms with Crippen LogP contribution in [-0.2, 0) is 4.79 Å². The van der Waals surface area contributed by atoms with Gasteiger partial charge in [-0.05, 0) is 12.5 Å². The van der Waals surface area contributed by atoms with Gasteiger partial charge in [0, 0.05) is 24.1 Å². The molecule has 0 saturated heterocycles. The van der Waals surface area contributed by atoms with Gasteiger partial charge >= 0.3 is 0 Å². The number of hydrazone groups is 1. The van der Waals surface area contributed by atoms with Gasteiger partial charge < -0.3 is 5.11 Å². The van der Waals surface area contributed by atoms with Crippen LogP contribution in [0.1, 0.15) is 76.7 Å². The van der Waals surface area contributed by atoms with Gasteiger partial charge in [-0.1, -0.05) is 58.3 Å². The lowest BCUT2D eigenvalue weighted by atomic mass is 10.1. The lowest BCUT2D eigenvalue weighted by Crippen LogP contribution is -2.16. The second kappa shape index (κ2) is 12.9. The van der Waals surface area contributed by atoms with E-state index in [2.05, 4.69) is 17.5 Å². The Morgan fingerprint density at radius 3 is 2.38 bits per heavy atom. The summed E-state index contributed by atoms with van der Waals surface area (Å²) in [5.41, 5.74) is 2.42. The number of unbranched alkanes of at least 4 members (excludes halogenated alkanes) is 8. The third-order valence-corrected chi connectivity index (χ3v) is 4.12. The lowest BCUT2D eigenvalue weighted by Gasteiger charge is -2.02. The smallest absolute Gasteiger partial charge is 0.270 e. The quantitative estimate of drug-likeness (QED) is 0.230. The molecule has 0 saturated carbocycles. The SMILES string of the molecule is CCCCCCCCCCCC(=O)NN=Cc1cc([N+](=O)[O-])ccc1O. The van der Waals surface area contributed by atoms with Crippen LogP contribution in [-0.4, -0.2) is 22.2 Å². The van der Waals surface area contributed by atoms with Gasteiger partial charge in [-0.15, -0.1) is 0 Å². The minimum Gasteiger partial charge on any atom is -0.507 e. The second-order valence-corrected chi connectivity index (χ2v) is 6.37. The van der Waals surface area contributed by atoms with Crippen LogP contribution in [0.4, 0.5) is 5.69 Å². The summed E-state index contributed by atoms with van der Waals surface area (Å²) < 4.78 is 0. The van der Waals surface area contributed by atoms with Crippen LogP contribution in [0, 0.1) is 10.1 Å². The molecular formula is C19H29N3O4. The number of aromatic hydroxyl groups is 1. The standard InChI is InChI=1S/C19H29N3O4/c1-2-3-4-5-6-7-8-9-10-11-19(24)21-20-15-16-14-17(22(25)26)12-13-18(16)23/h12-15,23H,2-11H2,1H3,(H,21,24). The maximum atomic E-state index is 11.7. The molecule has 0 aliphatic heterocycles. The summed E-state index contributed by atoms with van der Waals surface area (Å²) in [5, 5.41) is 24.1. The molecule has 1 amide bonds. The molecule has 0 heterocycles. The molecular weight excluding hydrogens is 334 g/mol. The summed E-state index contributed by atoms with van der Waals surface area (Å²) in [5.74, 6) is -0.332. The minimum absolute atomic E-state index is 0.132. The maximum Gasteiger partial charge on any atom is 0.270 e. The molecule has 2 N–H and O–H groups in total. The van der Waals surface area contributed by atoms with E-state index in [0.717, 1.165) is 19.3 Å². The molecule has 26 heavy (non-hydrogen) atoms. The van der Waals surface area contributed by atoms with Crippen LogP contribution in [0.2, 0.25) is 0 Å². The van der Waals surface area contributed by atoms with E-state index in [4.69, 9.17) is 0 Å². The minimum atomic E-state index is -0.556. The fraction of sp³-hybridized carbons (Fsp3) is 0.579. The van der Waals surface area contributed by atoms with E-state index in [-0.39, 0.29) is 22.9 Å². The molecule has 0 atom stereocenters. The maximum absolute atomic E-state index is 11.7. The molecule has 0 aliphatic carbocycles. The fourth-order valence-corrected chi connectivity index (χ4v) is 2.58. The number of carbonyl (C=O) groups is 1. The monoisotopic (exact) mass is 363 g/mol. The number of phenolic OH excluding ortho intramolecular Hbond substituents is 1. The number of carbonyl (C=O) groups excluding carboxylic acids is 1. The average Bonchev–Trinajstić information content (AvgIpc) is 2.61. The average molecular weight is 363 g/mol. The number of nitrogens with zero attached hydrogens (tertiary/aromatic N) is 2. The second-order valence-electron chi connectivity index (χ2n) is 6.37. The number of hydrogen-bond acceptors (Lipinski definition) is 5. The topological polar surface area (TPSA) is 105 Å². The number of nitrogens with one attached hydrogen (secondary N) is 1. The van der Waals surface area contributed by atoms with Crippen molar-refractivity contribution in [2.45, 2.75) is 71.1 Å². The first-order valence-corrected chi connectivity index (χ1v) is 9.34. The highest BCUT2D eigenvalue weighted by Gasteiger charge is 2.08. The van der Waals surface area contributed by atoms with Gasteiger partial charge in [-0.3, -0.25) is 14.9 Å². The number of nitro groups is 1. The molecule has 144 valence electrons. The zero-order chi connectivity index (χ0) is 19.2. The van der Waals surface area contributed by atoms with Crippen LogP contribution in [0.25, 0.3) is 0 Å². The third-order valence-electron chi connectivity index (χ3n) is 4.12. The van der Waals surface area contributed by atoms with E-state index in [1.807, 2.05) is 0 Å². The van der Waals surface area contributed by atoms with E-state index in [1.54, 1.807) is 0 Å². The molecule has 0 aromatic heterocycles. The number of hydrogen-bond donors (Lipinski definition) is 2. The van der Waals surface area contributed by atoms with Gasteiger partial charge in [0.25, 0.3) is 5.69 Å². The number of rotatable bonds is 13. The van der Waals surface area contributed by atoms with E-state index < -0.39 is 4.92 Å². The van der Waals surface area contributed by atoms with Crippen molar-refractivity contribution in [1.82, 2.24) is 5.43 Å². The van der Waals surface area contributed by atoms with E-state index >= 15 is 0 Å². The highest BCUT2D eigenvalue weighted by Crippen LogP contribution is 2.21. The van der Waals surface area contributed by atoms with Crippen molar-refractivity contribution in [1.29, 1.82) is 0 Å². The van der Waals surface area contributed by atoms with Crippen LogP contribution < -0.4 is 5.43 Å². The molecule has 1 aromatic rings. The normalized spacial score (nSPS) is 11.0. The number of non-ortho nitro benzene ring substituents is 1. The summed E-state index contributed by atoms with van der Waals surface area (Å²) in [6, 6.07) is 3.63. The summed E-state index contributed by atoms with van der Waals surface area (Å²) in [4.78, 5) is 21.9. The summed E-state index contributed by atoms with van der Waals surface area (Å²) in [7, 11) is 0. The van der Waals surface area contributed by atoms with Gasteiger partial charge in [-0.2, -0.15) is 5.10 Å². The zero-order valence-electron chi connectivity index (χ0n) is 15.4. The molecule has 0 fully saturated rings. The fourth-order valence-electron chi connectivity index (χ4n) is 2.58. The highest BCUT2D eigenvalue weighted by molar-refractivity contribution is 5.85. The first kappa shape index (κ1) is 21.6. The van der Waals surface area contributed by atoms with Gasteiger partial charge in [-0.25, -0.2) is 5.43 Å². The number of phenols is 1. The Hall–Kier alpha value is -2.44. The Labute approximate surface area is 154 Å². The van der Waals surface area contributed by atoms with Crippen molar-refractivity contribution in [3.05, 3.63) is 33.9 Å². The summed E-state index contributed by atoms with van der Waals surface area (Å²) >= 11 is 0. The van der Waals surface area contributed by atoms with E-state index in [0.29, 0.717) is 6.42 Å². The van der Waals surface area contributed by atoms with Gasteiger partial charge in [0.15, 0.2) is 0 Å². The van der Waals surface area contributed by atoms with Crippen molar-refractivity contribution in [2.24, 2.45) is 5.10 Å². The number of nitro benzene ring substituents is 1. The predicted molar refractivity (Wildman–Crippen MR) is 102 cm³/mol. The molecule has 0 radical (unpaired) electrons. The largest absolute Gasteiger partial charge is 0.507 e. The Kier molecular flexibility index (Phi) is 10.7. The van der Waals surface area contributed by atoms with Crippen molar-refractivity contribution in [3.63, 3.8) is 0 Å². The zero-order valence-corrected chi connectivity index (χ0v) is 15.4. The third kappa shape index (κ3) is 9.15. The Morgan fingerprint density at radius 2 is 1.77 bits per heavy atom. The van der Waals surface area contributed by atoms with Gasteiger partial charge in [0.1, 0.15) is 5.75 Å². The molecule has 7 nitrogen and oxygen atoms in total. The first-order chi connectivity index (χ1) is 12.5. The van der Waals surface area contributed by atoms with Crippen molar-refractivity contribution < 1.29 is 14.8 Å². The van der Waals surface area contributed by atoms with Crippen LogP contribution in [0.5, 0.6) is 5.75 Å². The lowest BCUT2D eigenvalue weighted by molar-refractivity contribution is -0.384. The molecule has 0 unspecified atom stereocenters.